The zero-order chi connectivity index (χ0) is 14.7. The van der Waals surface area contributed by atoms with Crippen LogP contribution in [0.3, 0.4) is 0 Å². The van der Waals surface area contributed by atoms with Gasteiger partial charge in [0.25, 0.3) is 0 Å². The normalized spacial score (nSPS) is 19.5. The van der Waals surface area contributed by atoms with Gasteiger partial charge in [0.2, 0.25) is 0 Å². The average Bonchev–Trinajstić information content (AvgIpc) is 2.44. The summed E-state index contributed by atoms with van der Waals surface area (Å²) in [5.74, 6) is -0.224. The quantitative estimate of drug-likeness (QED) is 0.911. The van der Waals surface area contributed by atoms with Gasteiger partial charge in [0, 0.05) is 18.6 Å². The fourth-order valence-electron chi connectivity index (χ4n) is 2.91. The van der Waals surface area contributed by atoms with Crippen molar-refractivity contribution in [1.82, 2.24) is 9.80 Å². The Bertz CT molecular complexity index is 447. The summed E-state index contributed by atoms with van der Waals surface area (Å²) < 4.78 is 14.2. The first-order valence-corrected chi connectivity index (χ1v) is 7.87. The zero-order valence-corrected chi connectivity index (χ0v) is 13.7. The predicted octanol–water partition coefficient (Wildman–Crippen LogP) is 2.61. The second kappa shape index (κ2) is 6.98. The van der Waals surface area contributed by atoms with Gasteiger partial charge in [0.1, 0.15) is 5.82 Å². The lowest BCUT2D eigenvalue weighted by atomic mass is 9.98. The zero-order valence-electron chi connectivity index (χ0n) is 12.1. The van der Waals surface area contributed by atoms with Crippen molar-refractivity contribution >= 4 is 15.9 Å². The molecular weight excluding hydrogens is 321 g/mol. The lowest BCUT2D eigenvalue weighted by molar-refractivity contribution is 0.109. The number of nitrogens with two attached hydrogens (primary N) is 1. The summed E-state index contributed by atoms with van der Waals surface area (Å²) in [7, 11) is 4.26. The standard InChI is InChI=1S/C15H23BrFN3/c1-19-7-5-12(6-8-19)20(2)15(10-18)11-3-4-13(16)14(17)9-11/h3-4,9,12,15H,5-8,10,18H2,1-2H3. The third-order valence-corrected chi connectivity index (χ3v) is 4.95. The molecule has 20 heavy (non-hydrogen) atoms. The Kier molecular flexibility index (Phi) is 5.55. The minimum atomic E-state index is -0.224. The van der Waals surface area contributed by atoms with Crippen LogP contribution in [0.15, 0.2) is 22.7 Å². The second-order valence-electron chi connectivity index (χ2n) is 5.62. The van der Waals surface area contributed by atoms with Crippen LogP contribution in [0.2, 0.25) is 0 Å². The third-order valence-electron chi connectivity index (χ3n) is 4.31. The highest BCUT2D eigenvalue weighted by molar-refractivity contribution is 9.10. The summed E-state index contributed by atoms with van der Waals surface area (Å²) in [4.78, 5) is 4.66. The first-order chi connectivity index (χ1) is 9.52. The highest BCUT2D eigenvalue weighted by Gasteiger charge is 2.26. The van der Waals surface area contributed by atoms with Gasteiger partial charge in [-0.05, 0) is 73.7 Å². The minimum absolute atomic E-state index is 0.0750. The largest absolute Gasteiger partial charge is 0.329 e. The molecule has 0 aliphatic carbocycles. The molecule has 1 unspecified atom stereocenters. The maximum absolute atomic E-state index is 13.7. The molecule has 1 aromatic carbocycles. The summed E-state index contributed by atoms with van der Waals surface area (Å²) >= 11 is 3.20. The monoisotopic (exact) mass is 343 g/mol. The van der Waals surface area contributed by atoms with Crippen molar-refractivity contribution in [2.75, 3.05) is 33.7 Å². The highest BCUT2D eigenvalue weighted by atomic mass is 79.9. The lowest BCUT2D eigenvalue weighted by Crippen LogP contribution is -2.45. The average molecular weight is 344 g/mol. The van der Waals surface area contributed by atoms with Crippen LogP contribution in [-0.2, 0) is 0 Å². The van der Waals surface area contributed by atoms with E-state index in [0.717, 1.165) is 31.5 Å². The molecule has 1 aliphatic rings. The van der Waals surface area contributed by atoms with Crippen LogP contribution in [-0.4, -0.2) is 49.6 Å². The van der Waals surface area contributed by atoms with E-state index in [1.807, 2.05) is 6.07 Å². The molecule has 0 saturated carbocycles. The number of likely N-dealkylation sites (tertiary alicyclic amines) is 1. The Hall–Kier alpha value is -0.490. The first kappa shape index (κ1) is 15.9. The topological polar surface area (TPSA) is 32.5 Å². The van der Waals surface area contributed by atoms with Crippen molar-refractivity contribution in [3.8, 4) is 0 Å². The number of piperidine rings is 1. The maximum atomic E-state index is 13.7. The molecule has 1 atom stereocenters. The van der Waals surface area contributed by atoms with Crippen LogP contribution in [0.4, 0.5) is 4.39 Å². The number of benzene rings is 1. The molecule has 1 saturated heterocycles. The Balaban J connectivity index is 2.12. The fourth-order valence-corrected chi connectivity index (χ4v) is 3.16. The van der Waals surface area contributed by atoms with E-state index < -0.39 is 0 Å². The van der Waals surface area contributed by atoms with Crippen molar-refractivity contribution in [2.45, 2.75) is 24.9 Å². The molecule has 1 aliphatic heterocycles. The van der Waals surface area contributed by atoms with Gasteiger partial charge in [0.05, 0.1) is 4.47 Å². The van der Waals surface area contributed by atoms with Gasteiger partial charge in [0.15, 0.2) is 0 Å². The van der Waals surface area contributed by atoms with Crippen molar-refractivity contribution < 1.29 is 4.39 Å². The van der Waals surface area contributed by atoms with Gasteiger partial charge < -0.3 is 10.6 Å². The summed E-state index contributed by atoms with van der Waals surface area (Å²) in [5, 5.41) is 0. The predicted molar refractivity (Wildman–Crippen MR) is 84.2 cm³/mol. The molecule has 2 rings (SSSR count). The molecule has 112 valence electrons. The van der Waals surface area contributed by atoms with E-state index in [0.29, 0.717) is 17.1 Å². The van der Waals surface area contributed by atoms with Crippen molar-refractivity contribution in [1.29, 1.82) is 0 Å². The van der Waals surface area contributed by atoms with Crippen molar-refractivity contribution in [3.63, 3.8) is 0 Å². The van der Waals surface area contributed by atoms with E-state index in [1.165, 1.54) is 0 Å². The first-order valence-electron chi connectivity index (χ1n) is 7.08. The number of hydrogen-bond acceptors (Lipinski definition) is 3. The van der Waals surface area contributed by atoms with Gasteiger partial charge in [-0.15, -0.1) is 0 Å². The summed E-state index contributed by atoms with van der Waals surface area (Å²) in [6.07, 6.45) is 2.28. The van der Waals surface area contributed by atoms with Gasteiger partial charge in [-0.1, -0.05) is 6.07 Å². The Morgan fingerprint density at radius 1 is 1.45 bits per heavy atom. The summed E-state index contributed by atoms with van der Waals surface area (Å²) in [6, 6.07) is 5.90. The fraction of sp³-hybridized carbons (Fsp3) is 0.600. The molecule has 1 aromatic rings. The summed E-state index contributed by atoms with van der Waals surface area (Å²) in [6.45, 7) is 2.73. The molecule has 1 fully saturated rings. The number of hydrogen-bond donors (Lipinski definition) is 1. The Morgan fingerprint density at radius 2 is 2.10 bits per heavy atom. The van der Waals surface area contributed by atoms with Crippen molar-refractivity contribution in [3.05, 3.63) is 34.1 Å². The summed E-state index contributed by atoms with van der Waals surface area (Å²) in [5.41, 5.74) is 6.89. The molecule has 5 heteroatoms. The van der Waals surface area contributed by atoms with Crippen LogP contribution < -0.4 is 5.73 Å². The molecule has 0 radical (unpaired) electrons. The number of halogens is 2. The highest BCUT2D eigenvalue weighted by Crippen LogP contribution is 2.27. The lowest BCUT2D eigenvalue weighted by Gasteiger charge is -2.39. The molecule has 0 spiro atoms. The molecule has 2 N–H and O–H groups in total. The minimum Gasteiger partial charge on any atom is -0.329 e. The van der Waals surface area contributed by atoms with E-state index >= 15 is 0 Å². The molecule has 0 amide bonds. The van der Waals surface area contributed by atoms with Gasteiger partial charge in [-0.25, -0.2) is 4.39 Å². The van der Waals surface area contributed by atoms with Crippen LogP contribution in [0, 0.1) is 5.82 Å². The molecular formula is C15H23BrFN3. The van der Waals surface area contributed by atoms with E-state index in [-0.39, 0.29) is 11.9 Å². The molecule has 3 nitrogen and oxygen atoms in total. The number of nitrogens with zero attached hydrogens (tertiary/aromatic N) is 2. The van der Waals surface area contributed by atoms with Crippen LogP contribution >= 0.6 is 15.9 Å². The van der Waals surface area contributed by atoms with E-state index in [9.17, 15) is 4.39 Å². The number of rotatable bonds is 4. The van der Waals surface area contributed by atoms with E-state index in [4.69, 9.17) is 5.73 Å². The van der Waals surface area contributed by atoms with Crippen LogP contribution in [0.25, 0.3) is 0 Å². The number of likely N-dealkylation sites (N-methyl/N-ethyl adjacent to an activating group) is 1. The van der Waals surface area contributed by atoms with Crippen LogP contribution in [0.5, 0.6) is 0 Å². The van der Waals surface area contributed by atoms with E-state index in [1.54, 1.807) is 12.1 Å². The maximum Gasteiger partial charge on any atom is 0.137 e. The van der Waals surface area contributed by atoms with Gasteiger partial charge >= 0.3 is 0 Å². The second-order valence-corrected chi connectivity index (χ2v) is 6.48. The SMILES string of the molecule is CN1CCC(N(C)C(CN)c2ccc(Br)c(F)c2)CC1. The van der Waals surface area contributed by atoms with Gasteiger partial charge in [-0.3, -0.25) is 4.90 Å². The Morgan fingerprint density at radius 3 is 2.65 bits per heavy atom. The third kappa shape index (κ3) is 3.58. The van der Waals surface area contributed by atoms with Gasteiger partial charge in [-0.2, -0.15) is 0 Å². The van der Waals surface area contributed by atoms with Crippen molar-refractivity contribution in [2.24, 2.45) is 5.73 Å². The molecule has 0 bridgehead atoms. The molecule has 0 aromatic heterocycles. The Labute approximate surface area is 129 Å². The van der Waals surface area contributed by atoms with Crippen LogP contribution in [0.1, 0.15) is 24.4 Å². The molecule has 1 heterocycles. The van der Waals surface area contributed by atoms with E-state index in [2.05, 4.69) is 39.8 Å². The smallest absolute Gasteiger partial charge is 0.137 e.